The summed E-state index contributed by atoms with van der Waals surface area (Å²) in [5.41, 5.74) is 3.98. The van der Waals surface area contributed by atoms with Crippen LogP contribution in [-0.4, -0.2) is 25.7 Å². The van der Waals surface area contributed by atoms with Crippen molar-refractivity contribution >= 4 is 28.7 Å². The maximum atomic E-state index is 6.02. The largest absolute Gasteiger partial charge is 0.493 e. The first kappa shape index (κ1) is 15.1. The van der Waals surface area contributed by atoms with Crippen LogP contribution in [0.4, 0.5) is 6.01 Å². The number of rotatable bonds is 3. The van der Waals surface area contributed by atoms with E-state index in [1.807, 2.05) is 18.2 Å². The lowest BCUT2D eigenvalue weighted by molar-refractivity contribution is 0.353. The van der Waals surface area contributed by atoms with Gasteiger partial charge >= 0.3 is 0 Å². The van der Waals surface area contributed by atoms with Gasteiger partial charge in [0.15, 0.2) is 17.1 Å². The van der Waals surface area contributed by atoms with E-state index in [0.29, 0.717) is 16.6 Å². The van der Waals surface area contributed by atoms with Gasteiger partial charge < -0.3 is 18.8 Å². The first-order valence-corrected chi connectivity index (χ1v) is 8.10. The first-order valence-electron chi connectivity index (χ1n) is 7.73. The fourth-order valence-corrected chi connectivity index (χ4v) is 3.23. The third-order valence-corrected chi connectivity index (χ3v) is 4.56. The molecule has 3 aromatic rings. The van der Waals surface area contributed by atoms with Gasteiger partial charge in [0.25, 0.3) is 6.01 Å². The molecular formula is C18H17ClN2O3. The Balaban J connectivity index is 1.67. The van der Waals surface area contributed by atoms with Crippen molar-refractivity contribution in [1.82, 2.24) is 4.98 Å². The zero-order chi connectivity index (χ0) is 16.7. The number of aromatic nitrogens is 1. The monoisotopic (exact) mass is 344 g/mol. The van der Waals surface area contributed by atoms with Gasteiger partial charge in [-0.15, -0.1) is 0 Å². The van der Waals surface area contributed by atoms with Crippen LogP contribution >= 0.6 is 11.6 Å². The summed E-state index contributed by atoms with van der Waals surface area (Å²) in [4.78, 5) is 6.70. The van der Waals surface area contributed by atoms with Crippen LogP contribution in [-0.2, 0) is 13.0 Å². The van der Waals surface area contributed by atoms with Crippen LogP contribution in [0.5, 0.6) is 11.5 Å². The Hall–Kier alpha value is -2.40. The van der Waals surface area contributed by atoms with Gasteiger partial charge in [-0.05, 0) is 41.8 Å². The molecule has 0 amide bonds. The third kappa shape index (κ3) is 2.55. The molecule has 4 rings (SSSR count). The van der Waals surface area contributed by atoms with Crippen molar-refractivity contribution in [3.63, 3.8) is 0 Å². The normalized spacial score (nSPS) is 13.9. The summed E-state index contributed by atoms with van der Waals surface area (Å²) < 4.78 is 16.7. The number of hydrogen-bond acceptors (Lipinski definition) is 5. The zero-order valence-electron chi connectivity index (χ0n) is 13.5. The molecule has 24 heavy (non-hydrogen) atoms. The van der Waals surface area contributed by atoms with Crippen LogP contribution < -0.4 is 14.4 Å². The molecule has 0 N–H and O–H groups in total. The van der Waals surface area contributed by atoms with E-state index in [4.69, 9.17) is 25.5 Å². The summed E-state index contributed by atoms with van der Waals surface area (Å²) in [5.74, 6) is 1.50. The third-order valence-electron chi connectivity index (χ3n) is 4.33. The van der Waals surface area contributed by atoms with Gasteiger partial charge in [-0.2, -0.15) is 4.98 Å². The molecule has 0 unspecified atom stereocenters. The Morgan fingerprint density at radius 3 is 2.58 bits per heavy atom. The molecule has 1 aliphatic rings. The highest BCUT2D eigenvalue weighted by Gasteiger charge is 2.22. The number of nitrogens with zero attached hydrogens (tertiary/aromatic N) is 2. The summed E-state index contributed by atoms with van der Waals surface area (Å²) in [6.07, 6.45) is 0.898. The molecule has 0 saturated heterocycles. The predicted molar refractivity (Wildman–Crippen MR) is 93.3 cm³/mol. The number of ether oxygens (including phenoxy) is 2. The second kappa shape index (κ2) is 5.91. The highest BCUT2D eigenvalue weighted by molar-refractivity contribution is 6.31. The van der Waals surface area contributed by atoms with E-state index in [2.05, 4.69) is 16.0 Å². The van der Waals surface area contributed by atoms with Crippen molar-refractivity contribution in [3.05, 3.63) is 46.5 Å². The van der Waals surface area contributed by atoms with Gasteiger partial charge in [0.2, 0.25) is 0 Å². The van der Waals surface area contributed by atoms with Crippen molar-refractivity contribution in [2.45, 2.75) is 13.0 Å². The molecule has 0 radical (unpaired) electrons. The van der Waals surface area contributed by atoms with Crippen LogP contribution in [0.1, 0.15) is 11.1 Å². The van der Waals surface area contributed by atoms with Crippen LogP contribution in [0.2, 0.25) is 5.02 Å². The van der Waals surface area contributed by atoms with Crippen LogP contribution in [0.25, 0.3) is 11.1 Å². The minimum Gasteiger partial charge on any atom is -0.493 e. The van der Waals surface area contributed by atoms with E-state index in [1.165, 1.54) is 11.1 Å². The standard InChI is InChI=1S/C18H17ClN2O3/c1-22-16-7-11-5-6-21(10-12(11)8-17(16)23-2)18-20-14-4-3-13(19)9-15(14)24-18/h3-4,7-9H,5-6,10H2,1-2H3. The molecule has 0 saturated carbocycles. The Morgan fingerprint density at radius 1 is 1.08 bits per heavy atom. The minimum absolute atomic E-state index is 0.618. The van der Waals surface area contributed by atoms with Gasteiger partial charge in [-0.1, -0.05) is 11.6 Å². The minimum atomic E-state index is 0.618. The molecule has 2 aromatic carbocycles. The summed E-state index contributed by atoms with van der Waals surface area (Å²) in [7, 11) is 3.30. The van der Waals surface area contributed by atoms with Crippen molar-refractivity contribution in [3.8, 4) is 11.5 Å². The maximum absolute atomic E-state index is 6.02. The highest BCUT2D eigenvalue weighted by Crippen LogP contribution is 2.35. The lowest BCUT2D eigenvalue weighted by Gasteiger charge is -2.28. The summed E-state index contributed by atoms with van der Waals surface area (Å²) >= 11 is 6.02. The molecule has 6 heteroatoms. The molecule has 5 nitrogen and oxygen atoms in total. The maximum Gasteiger partial charge on any atom is 0.298 e. The fraction of sp³-hybridized carbons (Fsp3) is 0.278. The van der Waals surface area contributed by atoms with E-state index >= 15 is 0 Å². The molecule has 1 aromatic heterocycles. The lowest BCUT2D eigenvalue weighted by Crippen LogP contribution is -2.30. The molecule has 0 bridgehead atoms. The molecule has 0 atom stereocenters. The van der Waals surface area contributed by atoms with E-state index in [0.717, 1.165) is 36.5 Å². The molecule has 2 heterocycles. The number of benzene rings is 2. The van der Waals surface area contributed by atoms with Gasteiger partial charge in [0, 0.05) is 24.2 Å². The number of oxazole rings is 1. The second-order valence-electron chi connectivity index (χ2n) is 5.76. The molecular weight excluding hydrogens is 328 g/mol. The summed E-state index contributed by atoms with van der Waals surface area (Å²) in [6, 6.07) is 10.2. The number of halogens is 1. The van der Waals surface area contributed by atoms with E-state index in [1.54, 1.807) is 20.3 Å². The SMILES string of the molecule is COc1cc2c(cc1OC)CN(c1nc3ccc(Cl)cc3o1)CC2. The number of methoxy groups -OCH3 is 2. The lowest BCUT2D eigenvalue weighted by atomic mass is 9.99. The van der Waals surface area contributed by atoms with Crippen molar-refractivity contribution < 1.29 is 13.9 Å². The summed E-state index contributed by atoms with van der Waals surface area (Å²) in [5, 5.41) is 0.644. The molecule has 0 fully saturated rings. The van der Waals surface area contributed by atoms with Crippen LogP contribution in [0, 0.1) is 0 Å². The summed E-state index contributed by atoms with van der Waals surface area (Å²) in [6.45, 7) is 1.55. The van der Waals surface area contributed by atoms with Gasteiger partial charge in [-0.3, -0.25) is 0 Å². The van der Waals surface area contributed by atoms with Gasteiger partial charge in [0.05, 0.1) is 14.2 Å². The van der Waals surface area contributed by atoms with E-state index < -0.39 is 0 Å². The van der Waals surface area contributed by atoms with E-state index in [9.17, 15) is 0 Å². The molecule has 124 valence electrons. The van der Waals surface area contributed by atoms with Crippen molar-refractivity contribution in [2.75, 3.05) is 25.7 Å². The Morgan fingerprint density at radius 2 is 1.83 bits per heavy atom. The molecule has 0 spiro atoms. The topological polar surface area (TPSA) is 47.7 Å². The highest BCUT2D eigenvalue weighted by atomic mass is 35.5. The second-order valence-corrected chi connectivity index (χ2v) is 6.19. The average Bonchev–Trinajstić information content (AvgIpc) is 3.03. The van der Waals surface area contributed by atoms with Crippen LogP contribution in [0.15, 0.2) is 34.7 Å². The van der Waals surface area contributed by atoms with Crippen molar-refractivity contribution in [1.29, 1.82) is 0 Å². The quantitative estimate of drug-likeness (QED) is 0.717. The number of hydrogen-bond donors (Lipinski definition) is 0. The zero-order valence-corrected chi connectivity index (χ0v) is 14.3. The number of fused-ring (bicyclic) bond motifs is 2. The van der Waals surface area contributed by atoms with Crippen LogP contribution in [0.3, 0.4) is 0 Å². The molecule has 0 aliphatic carbocycles. The average molecular weight is 345 g/mol. The fourth-order valence-electron chi connectivity index (χ4n) is 3.07. The predicted octanol–water partition coefficient (Wildman–Crippen LogP) is 4.06. The Kier molecular flexibility index (Phi) is 3.73. The van der Waals surface area contributed by atoms with Crippen molar-refractivity contribution in [2.24, 2.45) is 0 Å². The number of anilines is 1. The molecule has 1 aliphatic heterocycles. The van der Waals surface area contributed by atoms with E-state index in [-0.39, 0.29) is 0 Å². The Bertz CT molecular complexity index is 907. The van der Waals surface area contributed by atoms with Gasteiger partial charge in [0.1, 0.15) is 5.52 Å². The first-order chi connectivity index (χ1) is 11.7. The smallest absolute Gasteiger partial charge is 0.298 e. The Labute approximate surface area is 144 Å². The van der Waals surface area contributed by atoms with Gasteiger partial charge in [-0.25, -0.2) is 0 Å².